The number of aryl methyl sites for hydroxylation is 2. The zero-order valence-electron chi connectivity index (χ0n) is 10.3. The summed E-state index contributed by atoms with van der Waals surface area (Å²) < 4.78 is 5.53. The van der Waals surface area contributed by atoms with Crippen molar-refractivity contribution in [2.24, 2.45) is 0 Å². The minimum Gasteiger partial charge on any atom is -0.466 e. The second-order valence-electron chi connectivity index (χ2n) is 4.10. The van der Waals surface area contributed by atoms with Crippen molar-refractivity contribution in [3.63, 3.8) is 0 Å². The molecule has 94 valence electrons. The summed E-state index contributed by atoms with van der Waals surface area (Å²) in [5.41, 5.74) is 2.60. The van der Waals surface area contributed by atoms with Gasteiger partial charge in [-0.15, -0.1) is 12.4 Å². The lowest BCUT2D eigenvalue weighted by Crippen LogP contribution is -2.17. The van der Waals surface area contributed by atoms with Crippen LogP contribution in [0.4, 0.5) is 0 Å². The van der Waals surface area contributed by atoms with Crippen LogP contribution in [0.25, 0.3) is 0 Å². The SMILES string of the molecule is Cc1cc(C(C)NCc2ccsc2)c(C)o1.Cl. The van der Waals surface area contributed by atoms with Crippen LogP contribution in [0.1, 0.15) is 35.6 Å². The Morgan fingerprint density at radius 2 is 2.18 bits per heavy atom. The fourth-order valence-corrected chi connectivity index (χ4v) is 2.52. The van der Waals surface area contributed by atoms with E-state index in [9.17, 15) is 0 Å². The van der Waals surface area contributed by atoms with Crippen LogP contribution in [0.5, 0.6) is 0 Å². The average molecular weight is 272 g/mol. The maximum absolute atomic E-state index is 5.53. The monoisotopic (exact) mass is 271 g/mol. The summed E-state index contributed by atoms with van der Waals surface area (Å²) in [6, 6.07) is 4.59. The van der Waals surface area contributed by atoms with E-state index in [0.717, 1.165) is 18.1 Å². The average Bonchev–Trinajstić information content (AvgIpc) is 2.84. The van der Waals surface area contributed by atoms with E-state index in [1.54, 1.807) is 11.3 Å². The number of hydrogen-bond acceptors (Lipinski definition) is 3. The van der Waals surface area contributed by atoms with Gasteiger partial charge in [0.1, 0.15) is 11.5 Å². The molecule has 0 spiro atoms. The molecule has 0 fully saturated rings. The minimum absolute atomic E-state index is 0. The van der Waals surface area contributed by atoms with Crippen LogP contribution in [0.3, 0.4) is 0 Å². The van der Waals surface area contributed by atoms with Crippen LogP contribution in [-0.2, 0) is 6.54 Å². The Balaban J connectivity index is 0.00000144. The van der Waals surface area contributed by atoms with Gasteiger partial charge in [0.15, 0.2) is 0 Å². The zero-order valence-corrected chi connectivity index (χ0v) is 12.0. The summed E-state index contributed by atoms with van der Waals surface area (Å²) in [5.74, 6) is 2.00. The standard InChI is InChI=1S/C13H17NOS.ClH/c1-9-6-13(11(3)15-9)10(2)14-7-12-4-5-16-8-12;/h4-6,8,10,14H,7H2,1-3H3;1H. The highest BCUT2D eigenvalue weighted by Crippen LogP contribution is 2.21. The molecule has 0 aliphatic carbocycles. The maximum atomic E-state index is 5.53. The van der Waals surface area contributed by atoms with Crippen LogP contribution >= 0.6 is 23.7 Å². The molecule has 2 rings (SSSR count). The lowest BCUT2D eigenvalue weighted by atomic mass is 10.1. The molecule has 2 heterocycles. The molecule has 0 radical (unpaired) electrons. The van der Waals surface area contributed by atoms with Gasteiger partial charge in [-0.05, 0) is 49.2 Å². The first-order chi connectivity index (χ1) is 7.66. The summed E-state index contributed by atoms with van der Waals surface area (Å²) in [5, 5.41) is 7.78. The number of nitrogens with one attached hydrogen (secondary N) is 1. The molecule has 0 saturated heterocycles. The minimum atomic E-state index is 0. The van der Waals surface area contributed by atoms with Gasteiger partial charge in [-0.25, -0.2) is 0 Å². The fraction of sp³-hybridized carbons (Fsp3) is 0.385. The Bertz CT molecular complexity index is 450. The number of thiophene rings is 1. The largest absolute Gasteiger partial charge is 0.466 e. The van der Waals surface area contributed by atoms with Gasteiger partial charge in [-0.3, -0.25) is 0 Å². The highest BCUT2D eigenvalue weighted by atomic mass is 35.5. The van der Waals surface area contributed by atoms with Crippen molar-refractivity contribution >= 4 is 23.7 Å². The van der Waals surface area contributed by atoms with Crippen molar-refractivity contribution in [1.82, 2.24) is 5.32 Å². The molecule has 0 aromatic carbocycles. The molecular formula is C13H18ClNOS. The van der Waals surface area contributed by atoms with E-state index in [1.807, 2.05) is 13.8 Å². The van der Waals surface area contributed by atoms with Gasteiger partial charge in [-0.1, -0.05) is 0 Å². The molecule has 2 nitrogen and oxygen atoms in total. The summed E-state index contributed by atoms with van der Waals surface area (Å²) in [6.45, 7) is 7.09. The predicted octanol–water partition coefficient (Wildman–Crippen LogP) is 4.23. The van der Waals surface area contributed by atoms with Crippen LogP contribution < -0.4 is 5.32 Å². The summed E-state index contributed by atoms with van der Waals surface area (Å²) >= 11 is 1.74. The fourth-order valence-electron chi connectivity index (χ4n) is 1.85. The molecule has 0 aliphatic rings. The third kappa shape index (κ3) is 3.60. The Morgan fingerprint density at radius 3 is 2.71 bits per heavy atom. The van der Waals surface area contributed by atoms with Crippen molar-refractivity contribution in [2.75, 3.05) is 0 Å². The molecule has 0 bridgehead atoms. The molecule has 4 heteroatoms. The Kier molecular flexibility index (Phi) is 5.25. The number of halogens is 1. The van der Waals surface area contributed by atoms with E-state index in [0.29, 0.717) is 6.04 Å². The third-order valence-corrected chi connectivity index (χ3v) is 3.47. The molecule has 1 atom stereocenters. The van der Waals surface area contributed by atoms with Gasteiger partial charge in [0.05, 0.1) is 0 Å². The van der Waals surface area contributed by atoms with Crippen LogP contribution in [0.2, 0.25) is 0 Å². The number of rotatable bonds is 4. The highest BCUT2D eigenvalue weighted by molar-refractivity contribution is 7.07. The van der Waals surface area contributed by atoms with Crippen LogP contribution in [-0.4, -0.2) is 0 Å². The molecule has 2 aromatic rings. The summed E-state index contributed by atoms with van der Waals surface area (Å²) in [4.78, 5) is 0. The normalized spacial score (nSPS) is 12.2. The first kappa shape index (κ1) is 14.3. The Hall–Kier alpha value is -0.770. The van der Waals surface area contributed by atoms with Crippen molar-refractivity contribution in [3.8, 4) is 0 Å². The third-order valence-electron chi connectivity index (χ3n) is 2.74. The van der Waals surface area contributed by atoms with Gasteiger partial charge < -0.3 is 9.73 Å². The van der Waals surface area contributed by atoms with E-state index in [2.05, 4.69) is 35.1 Å². The molecule has 1 unspecified atom stereocenters. The molecule has 2 aromatic heterocycles. The predicted molar refractivity (Wildman–Crippen MR) is 75.0 cm³/mol. The highest BCUT2D eigenvalue weighted by Gasteiger charge is 2.11. The van der Waals surface area contributed by atoms with Crippen LogP contribution in [0, 0.1) is 13.8 Å². The molecule has 0 saturated carbocycles. The zero-order chi connectivity index (χ0) is 11.5. The Labute approximate surface area is 112 Å². The molecular weight excluding hydrogens is 254 g/mol. The van der Waals surface area contributed by atoms with Crippen molar-refractivity contribution in [1.29, 1.82) is 0 Å². The van der Waals surface area contributed by atoms with Gasteiger partial charge >= 0.3 is 0 Å². The van der Waals surface area contributed by atoms with Gasteiger partial charge in [-0.2, -0.15) is 11.3 Å². The van der Waals surface area contributed by atoms with Gasteiger partial charge in [0.25, 0.3) is 0 Å². The van der Waals surface area contributed by atoms with Crippen LogP contribution in [0.15, 0.2) is 27.3 Å². The quantitative estimate of drug-likeness (QED) is 0.900. The van der Waals surface area contributed by atoms with Gasteiger partial charge in [0, 0.05) is 18.2 Å². The number of furan rings is 1. The smallest absolute Gasteiger partial charge is 0.105 e. The topological polar surface area (TPSA) is 25.2 Å². The molecule has 17 heavy (non-hydrogen) atoms. The second kappa shape index (κ2) is 6.24. The van der Waals surface area contributed by atoms with E-state index in [4.69, 9.17) is 4.42 Å². The lowest BCUT2D eigenvalue weighted by Gasteiger charge is -2.12. The van der Waals surface area contributed by atoms with E-state index in [-0.39, 0.29) is 12.4 Å². The maximum Gasteiger partial charge on any atom is 0.105 e. The van der Waals surface area contributed by atoms with E-state index in [1.165, 1.54) is 11.1 Å². The summed E-state index contributed by atoms with van der Waals surface area (Å²) in [7, 11) is 0. The Morgan fingerprint density at radius 1 is 1.41 bits per heavy atom. The van der Waals surface area contributed by atoms with Crippen molar-refractivity contribution < 1.29 is 4.42 Å². The van der Waals surface area contributed by atoms with Crippen molar-refractivity contribution in [3.05, 3.63) is 45.5 Å². The first-order valence-corrected chi connectivity index (χ1v) is 6.42. The number of hydrogen-bond donors (Lipinski definition) is 1. The van der Waals surface area contributed by atoms with Gasteiger partial charge in [0.2, 0.25) is 0 Å². The molecule has 0 aliphatic heterocycles. The first-order valence-electron chi connectivity index (χ1n) is 5.48. The molecule has 1 N–H and O–H groups in total. The van der Waals surface area contributed by atoms with E-state index >= 15 is 0 Å². The second-order valence-corrected chi connectivity index (χ2v) is 4.88. The molecule has 0 amide bonds. The van der Waals surface area contributed by atoms with Crippen molar-refractivity contribution in [2.45, 2.75) is 33.4 Å². The lowest BCUT2D eigenvalue weighted by molar-refractivity contribution is 0.490. The van der Waals surface area contributed by atoms with E-state index < -0.39 is 0 Å². The summed E-state index contributed by atoms with van der Waals surface area (Å²) in [6.07, 6.45) is 0.